The number of hydrogen-bond acceptors (Lipinski definition) is 4. The van der Waals surface area contributed by atoms with E-state index in [1.54, 1.807) is 4.90 Å². The van der Waals surface area contributed by atoms with Crippen molar-refractivity contribution in [2.45, 2.75) is 19.5 Å². The molecule has 0 bridgehead atoms. The molecular weight excluding hydrogens is 272 g/mol. The average molecular weight is 292 g/mol. The zero-order valence-electron chi connectivity index (χ0n) is 12.2. The molecule has 0 radical (unpaired) electrons. The van der Waals surface area contributed by atoms with Gasteiger partial charge < -0.3 is 20.2 Å². The third-order valence-electron chi connectivity index (χ3n) is 3.73. The van der Waals surface area contributed by atoms with Crippen LogP contribution >= 0.6 is 0 Å². The van der Waals surface area contributed by atoms with Crippen LogP contribution < -0.4 is 5.32 Å². The third kappa shape index (κ3) is 3.91. The van der Waals surface area contributed by atoms with E-state index in [0.717, 1.165) is 6.54 Å². The van der Waals surface area contributed by atoms with Gasteiger partial charge in [0.2, 0.25) is 0 Å². The monoisotopic (exact) mass is 292 g/mol. The molecule has 1 unspecified atom stereocenters. The number of nitrogens with one attached hydrogen (secondary N) is 1. The van der Waals surface area contributed by atoms with Crippen LogP contribution in [0.3, 0.4) is 0 Å². The number of urea groups is 1. The molecule has 2 rings (SSSR count). The predicted molar refractivity (Wildman–Crippen MR) is 77.1 cm³/mol. The molecule has 114 valence electrons. The molecule has 21 heavy (non-hydrogen) atoms. The van der Waals surface area contributed by atoms with Gasteiger partial charge in [-0.3, -0.25) is 4.98 Å². The Morgan fingerprint density at radius 1 is 1.48 bits per heavy atom. The first-order valence-corrected chi connectivity index (χ1v) is 6.88. The van der Waals surface area contributed by atoms with Gasteiger partial charge in [-0.2, -0.15) is 0 Å². The molecule has 2 amide bonds. The largest absolute Gasteiger partial charge is 0.478 e. The third-order valence-corrected chi connectivity index (χ3v) is 3.73. The van der Waals surface area contributed by atoms with E-state index in [2.05, 4.69) is 22.1 Å². The van der Waals surface area contributed by atoms with Crippen LogP contribution in [0, 0.1) is 0 Å². The maximum Gasteiger partial charge on any atom is 0.335 e. The number of piperazine rings is 1. The molecule has 0 spiro atoms. The maximum absolute atomic E-state index is 12.1. The van der Waals surface area contributed by atoms with Crippen molar-refractivity contribution in [1.82, 2.24) is 20.1 Å². The van der Waals surface area contributed by atoms with E-state index < -0.39 is 5.97 Å². The van der Waals surface area contributed by atoms with Crippen LogP contribution in [0.15, 0.2) is 18.3 Å². The molecule has 1 aliphatic rings. The molecular formula is C14H20N4O3. The number of nitrogens with zero attached hydrogens (tertiary/aromatic N) is 3. The van der Waals surface area contributed by atoms with Crippen LogP contribution in [0.25, 0.3) is 0 Å². The molecule has 2 N–H and O–H groups in total. The number of pyridine rings is 1. The fourth-order valence-electron chi connectivity index (χ4n) is 2.22. The van der Waals surface area contributed by atoms with Crippen LogP contribution in [-0.2, 0) is 6.54 Å². The summed E-state index contributed by atoms with van der Waals surface area (Å²) in [6.07, 6.45) is 1.43. The summed E-state index contributed by atoms with van der Waals surface area (Å²) in [5, 5.41) is 11.7. The minimum absolute atomic E-state index is 0.141. The Morgan fingerprint density at radius 2 is 2.24 bits per heavy atom. The predicted octanol–water partition coefficient (Wildman–Crippen LogP) is 0.625. The zero-order valence-corrected chi connectivity index (χ0v) is 12.2. The Morgan fingerprint density at radius 3 is 2.90 bits per heavy atom. The summed E-state index contributed by atoms with van der Waals surface area (Å²) in [6, 6.07) is 3.08. The summed E-state index contributed by atoms with van der Waals surface area (Å²) >= 11 is 0. The van der Waals surface area contributed by atoms with E-state index >= 15 is 0 Å². The molecule has 0 aromatic carbocycles. The number of rotatable bonds is 3. The molecule has 0 saturated carbocycles. The van der Waals surface area contributed by atoms with Crippen LogP contribution in [0.1, 0.15) is 23.0 Å². The topological polar surface area (TPSA) is 85.8 Å². The highest BCUT2D eigenvalue weighted by atomic mass is 16.4. The first kappa shape index (κ1) is 15.2. The number of aromatic nitrogens is 1. The quantitative estimate of drug-likeness (QED) is 0.853. The highest BCUT2D eigenvalue weighted by molar-refractivity contribution is 5.87. The fourth-order valence-corrected chi connectivity index (χ4v) is 2.22. The summed E-state index contributed by atoms with van der Waals surface area (Å²) in [5.74, 6) is -1.00. The van der Waals surface area contributed by atoms with Crippen molar-refractivity contribution in [2.75, 3.05) is 26.7 Å². The molecule has 1 atom stereocenters. The maximum atomic E-state index is 12.1. The van der Waals surface area contributed by atoms with Crippen LogP contribution in [0.5, 0.6) is 0 Å². The number of carbonyl (C=O) groups excluding carboxylic acids is 1. The van der Waals surface area contributed by atoms with Crippen molar-refractivity contribution < 1.29 is 14.7 Å². The number of carboxylic acids is 1. The lowest BCUT2D eigenvalue weighted by Crippen LogP contribution is -2.54. The fraction of sp³-hybridized carbons (Fsp3) is 0.500. The SMILES string of the molecule is CC1CN(C(=O)NCc2cc(C(=O)O)ccn2)CCN1C. The van der Waals surface area contributed by atoms with E-state index in [0.29, 0.717) is 24.8 Å². The molecule has 1 fully saturated rings. The highest BCUT2D eigenvalue weighted by Crippen LogP contribution is 2.07. The number of carboxylic acid groups (broad SMARTS) is 1. The van der Waals surface area contributed by atoms with E-state index in [1.807, 2.05) is 7.05 Å². The Hall–Kier alpha value is -2.15. The van der Waals surface area contributed by atoms with Crippen molar-refractivity contribution in [2.24, 2.45) is 0 Å². The van der Waals surface area contributed by atoms with Gasteiger partial charge in [-0.15, -0.1) is 0 Å². The Kier molecular flexibility index (Phi) is 4.74. The molecule has 0 aliphatic carbocycles. The lowest BCUT2D eigenvalue weighted by atomic mass is 10.2. The van der Waals surface area contributed by atoms with Crippen LogP contribution in [-0.4, -0.2) is 64.6 Å². The lowest BCUT2D eigenvalue weighted by Gasteiger charge is -2.37. The van der Waals surface area contributed by atoms with Crippen molar-refractivity contribution in [1.29, 1.82) is 0 Å². The first-order valence-electron chi connectivity index (χ1n) is 6.88. The Labute approximate surface area is 123 Å². The van der Waals surface area contributed by atoms with Gasteiger partial charge in [0.25, 0.3) is 0 Å². The molecule has 7 heteroatoms. The molecule has 1 aromatic rings. The Bertz CT molecular complexity index is 535. The number of amides is 2. The summed E-state index contributed by atoms with van der Waals surface area (Å²) < 4.78 is 0. The van der Waals surface area contributed by atoms with E-state index in [1.165, 1.54) is 18.3 Å². The Balaban J connectivity index is 1.89. The zero-order chi connectivity index (χ0) is 15.4. The van der Waals surface area contributed by atoms with Crippen molar-refractivity contribution >= 4 is 12.0 Å². The van der Waals surface area contributed by atoms with Gasteiger partial charge in [0.05, 0.1) is 17.8 Å². The summed E-state index contributed by atoms with van der Waals surface area (Å²) in [7, 11) is 2.04. The molecule has 2 heterocycles. The summed E-state index contributed by atoms with van der Waals surface area (Å²) in [4.78, 5) is 31.0. The smallest absolute Gasteiger partial charge is 0.335 e. The van der Waals surface area contributed by atoms with Crippen LogP contribution in [0.4, 0.5) is 4.79 Å². The minimum Gasteiger partial charge on any atom is -0.478 e. The normalized spacial score (nSPS) is 19.3. The van der Waals surface area contributed by atoms with Gasteiger partial charge >= 0.3 is 12.0 Å². The average Bonchev–Trinajstić information content (AvgIpc) is 2.48. The number of carbonyl (C=O) groups is 2. The van der Waals surface area contributed by atoms with Crippen molar-refractivity contribution in [3.05, 3.63) is 29.6 Å². The molecule has 7 nitrogen and oxygen atoms in total. The van der Waals surface area contributed by atoms with E-state index in [-0.39, 0.29) is 18.1 Å². The minimum atomic E-state index is -1.00. The number of aromatic carboxylic acids is 1. The second-order valence-electron chi connectivity index (χ2n) is 5.28. The van der Waals surface area contributed by atoms with E-state index in [9.17, 15) is 9.59 Å². The first-order chi connectivity index (χ1) is 9.97. The van der Waals surface area contributed by atoms with Gasteiger partial charge in [-0.05, 0) is 26.1 Å². The highest BCUT2D eigenvalue weighted by Gasteiger charge is 2.24. The van der Waals surface area contributed by atoms with Gasteiger partial charge in [-0.25, -0.2) is 9.59 Å². The van der Waals surface area contributed by atoms with Crippen molar-refractivity contribution in [3.63, 3.8) is 0 Å². The standard InChI is InChI=1S/C14H20N4O3/c1-10-9-18(6-5-17(10)2)14(21)16-8-12-7-11(13(19)20)3-4-15-12/h3-4,7,10H,5-6,8-9H2,1-2H3,(H,16,21)(H,19,20). The van der Waals surface area contributed by atoms with Crippen LogP contribution in [0.2, 0.25) is 0 Å². The number of hydrogen-bond donors (Lipinski definition) is 2. The second-order valence-corrected chi connectivity index (χ2v) is 5.28. The summed E-state index contributed by atoms with van der Waals surface area (Å²) in [6.45, 7) is 4.53. The number of likely N-dealkylation sites (N-methyl/N-ethyl adjacent to an activating group) is 1. The molecule has 1 aliphatic heterocycles. The second kappa shape index (κ2) is 6.53. The molecule has 1 aromatic heterocycles. The van der Waals surface area contributed by atoms with Gasteiger partial charge in [0.1, 0.15) is 0 Å². The molecule has 1 saturated heterocycles. The van der Waals surface area contributed by atoms with Gasteiger partial charge in [0.15, 0.2) is 0 Å². The summed E-state index contributed by atoms with van der Waals surface area (Å²) in [5.41, 5.74) is 0.702. The van der Waals surface area contributed by atoms with Gasteiger partial charge in [0, 0.05) is 31.9 Å². The lowest BCUT2D eigenvalue weighted by molar-refractivity contribution is 0.0696. The van der Waals surface area contributed by atoms with E-state index in [4.69, 9.17) is 5.11 Å². The van der Waals surface area contributed by atoms with Gasteiger partial charge in [-0.1, -0.05) is 0 Å². The van der Waals surface area contributed by atoms with Crippen molar-refractivity contribution in [3.8, 4) is 0 Å².